The van der Waals surface area contributed by atoms with Crippen LogP contribution in [0.5, 0.6) is 5.75 Å². The van der Waals surface area contributed by atoms with Gasteiger partial charge in [-0.3, -0.25) is 4.99 Å². The van der Waals surface area contributed by atoms with E-state index in [-0.39, 0.29) is 24.0 Å². The van der Waals surface area contributed by atoms with E-state index in [0.717, 1.165) is 49.9 Å². The summed E-state index contributed by atoms with van der Waals surface area (Å²) in [4.78, 5) is 5.70. The largest absolute Gasteiger partial charge is 0.493 e. The van der Waals surface area contributed by atoms with Gasteiger partial charge in [-0.2, -0.15) is 0 Å². The van der Waals surface area contributed by atoms with Crippen LogP contribution in [-0.2, 0) is 17.7 Å². The Morgan fingerprint density at radius 1 is 1.32 bits per heavy atom. The highest BCUT2D eigenvalue weighted by molar-refractivity contribution is 14.0. The number of guanidine groups is 1. The third-order valence-electron chi connectivity index (χ3n) is 4.64. The number of hydrogen-bond donors (Lipinski definition) is 2. The molecule has 1 aliphatic heterocycles. The lowest BCUT2D eigenvalue weighted by Crippen LogP contribution is -2.37. The van der Waals surface area contributed by atoms with E-state index in [9.17, 15) is 0 Å². The first-order valence-electron chi connectivity index (χ1n) is 9.51. The summed E-state index contributed by atoms with van der Waals surface area (Å²) in [5, 5.41) is 8.88. The lowest BCUT2D eigenvalue weighted by atomic mass is 10.1. The first-order valence-corrected chi connectivity index (χ1v) is 10.4. The number of thiophene rings is 1. The van der Waals surface area contributed by atoms with Gasteiger partial charge in [0.15, 0.2) is 5.96 Å². The van der Waals surface area contributed by atoms with Gasteiger partial charge in [0.25, 0.3) is 0 Å². The average molecular weight is 515 g/mol. The first-order chi connectivity index (χ1) is 13.2. The molecule has 0 spiro atoms. The Labute approximate surface area is 189 Å². The van der Waals surface area contributed by atoms with Crippen LogP contribution in [0, 0.1) is 12.8 Å². The summed E-state index contributed by atoms with van der Waals surface area (Å²) in [5.41, 5.74) is 2.34. The van der Waals surface area contributed by atoms with Gasteiger partial charge in [-0.15, -0.1) is 35.3 Å². The number of halogens is 1. The fraction of sp³-hybridized carbons (Fsp3) is 0.476. The van der Waals surface area contributed by atoms with E-state index in [1.807, 2.05) is 0 Å². The molecular formula is C21H30IN3O2S. The summed E-state index contributed by atoms with van der Waals surface area (Å²) < 4.78 is 11.6. The summed E-state index contributed by atoms with van der Waals surface area (Å²) in [6.07, 6.45) is 2.08. The van der Waals surface area contributed by atoms with Gasteiger partial charge in [0.05, 0.1) is 13.2 Å². The summed E-state index contributed by atoms with van der Waals surface area (Å²) >= 11 is 1.79. The van der Waals surface area contributed by atoms with Gasteiger partial charge < -0.3 is 20.1 Å². The Balaban J connectivity index is 0.00000280. The number of aliphatic imine (C=N–C) groups is 1. The summed E-state index contributed by atoms with van der Waals surface area (Å²) in [5.74, 6) is 2.25. The van der Waals surface area contributed by atoms with Crippen molar-refractivity contribution in [2.24, 2.45) is 10.9 Å². The molecule has 1 saturated heterocycles. The molecule has 0 radical (unpaired) electrons. The normalized spacial score (nSPS) is 16.5. The molecule has 154 valence electrons. The van der Waals surface area contributed by atoms with Crippen molar-refractivity contribution >= 4 is 41.3 Å². The van der Waals surface area contributed by atoms with Crippen molar-refractivity contribution in [2.45, 2.75) is 26.3 Å². The van der Waals surface area contributed by atoms with Crippen LogP contribution in [0.2, 0.25) is 0 Å². The van der Waals surface area contributed by atoms with E-state index in [2.05, 4.69) is 58.3 Å². The minimum atomic E-state index is 0. The molecule has 3 rings (SSSR count). The topological polar surface area (TPSA) is 54.9 Å². The van der Waals surface area contributed by atoms with E-state index in [1.54, 1.807) is 18.4 Å². The molecule has 5 nitrogen and oxygen atoms in total. The van der Waals surface area contributed by atoms with Crippen molar-refractivity contribution in [1.29, 1.82) is 0 Å². The minimum absolute atomic E-state index is 0. The van der Waals surface area contributed by atoms with E-state index in [0.29, 0.717) is 19.1 Å². The zero-order valence-corrected chi connectivity index (χ0v) is 19.7. The fourth-order valence-corrected chi connectivity index (χ4v) is 3.73. The minimum Gasteiger partial charge on any atom is -0.493 e. The second-order valence-corrected chi connectivity index (χ2v) is 7.87. The molecule has 0 aliphatic carbocycles. The second-order valence-electron chi connectivity index (χ2n) is 6.83. The number of rotatable bonds is 8. The quantitative estimate of drug-likeness (QED) is 0.317. The van der Waals surface area contributed by atoms with E-state index < -0.39 is 0 Å². The van der Waals surface area contributed by atoms with E-state index >= 15 is 0 Å². The predicted molar refractivity (Wildman–Crippen MR) is 127 cm³/mol. The highest BCUT2D eigenvalue weighted by Gasteiger charge is 2.17. The third kappa shape index (κ3) is 7.25. The molecule has 2 N–H and O–H groups in total. The van der Waals surface area contributed by atoms with Gasteiger partial charge in [0.2, 0.25) is 0 Å². The third-order valence-corrected chi connectivity index (χ3v) is 5.57. The Hall–Kier alpha value is -1.32. The zero-order chi connectivity index (χ0) is 18.9. The van der Waals surface area contributed by atoms with Crippen molar-refractivity contribution in [2.75, 3.05) is 33.4 Å². The lowest BCUT2D eigenvalue weighted by Gasteiger charge is -2.17. The van der Waals surface area contributed by atoms with Crippen molar-refractivity contribution in [3.63, 3.8) is 0 Å². The number of aryl methyl sites for hydroxylation is 1. The number of ether oxygens (including phenoxy) is 2. The fourth-order valence-electron chi connectivity index (χ4n) is 3.02. The molecule has 1 unspecified atom stereocenters. The van der Waals surface area contributed by atoms with Gasteiger partial charge in [0, 0.05) is 43.1 Å². The van der Waals surface area contributed by atoms with Gasteiger partial charge in [0.1, 0.15) is 5.75 Å². The number of nitrogens with zero attached hydrogens (tertiary/aromatic N) is 1. The molecule has 2 aromatic rings. The van der Waals surface area contributed by atoms with E-state index in [4.69, 9.17) is 9.47 Å². The summed E-state index contributed by atoms with van der Waals surface area (Å²) in [6, 6.07) is 10.6. The highest BCUT2D eigenvalue weighted by Crippen LogP contribution is 2.22. The first kappa shape index (κ1) is 23.0. The molecule has 2 heterocycles. The lowest BCUT2D eigenvalue weighted by molar-refractivity contribution is 0.166. The standard InChI is InChI=1S/C21H29N3O2S.HI/c1-16-5-6-18(20(12-16)26-15-17-8-10-25-14-17)13-24-21(22-2)23-9-7-19-4-3-11-27-19;/h3-6,11-12,17H,7-10,13-15H2,1-2H3,(H2,22,23,24);1H. The average Bonchev–Trinajstić information content (AvgIpc) is 3.37. The van der Waals surface area contributed by atoms with Crippen LogP contribution in [0.3, 0.4) is 0 Å². The van der Waals surface area contributed by atoms with Gasteiger partial charge in [-0.25, -0.2) is 0 Å². The van der Waals surface area contributed by atoms with Crippen LogP contribution < -0.4 is 15.4 Å². The Bertz CT molecular complexity index is 731. The second kappa shape index (κ2) is 12.3. The highest BCUT2D eigenvalue weighted by atomic mass is 127. The van der Waals surface area contributed by atoms with Crippen LogP contribution in [0.25, 0.3) is 0 Å². The molecule has 1 aromatic carbocycles. The zero-order valence-electron chi connectivity index (χ0n) is 16.6. The van der Waals surface area contributed by atoms with Gasteiger partial charge in [-0.05, 0) is 42.8 Å². The maximum absolute atomic E-state index is 6.12. The predicted octanol–water partition coefficient (Wildman–Crippen LogP) is 4.00. The molecule has 1 aliphatic rings. The van der Waals surface area contributed by atoms with Crippen LogP contribution in [0.1, 0.15) is 22.4 Å². The molecule has 1 fully saturated rings. The molecule has 0 amide bonds. The maximum atomic E-state index is 6.12. The van der Waals surface area contributed by atoms with Crippen molar-refractivity contribution in [1.82, 2.24) is 10.6 Å². The van der Waals surface area contributed by atoms with Crippen LogP contribution in [-0.4, -0.2) is 39.4 Å². The molecule has 28 heavy (non-hydrogen) atoms. The monoisotopic (exact) mass is 515 g/mol. The van der Waals surface area contributed by atoms with Crippen molar-refractivity contribution in [3.05, 3.63) is 51.7 Å². The Kier molecular flexibility index (Phi) is 10.1. The molecule has 0 saturated carbocycles. The smallest absolute Gasteiger partial charge is 0.191 e. The molecule has 0 bridgehead atoms. The van der Waals surface area contributed by atoms with Crippen LogP contribution >= 0.6 is 35.3 Å². The SMILES string of the molecule is CN=C(NCCc1cccs1)NCc1ccc(C)cc1OCC1CCOC1.I. The van der Waals surface area contributed by atoms with Gasteiger partial charge in [-0.1, -0.05) is 18.2 Å². The molecule has 7 heteroatoms. The van der Waals surface area contributed by atoms with Gasteiger partial charge >= 0.3 is 0 Å². The summed E-state index contributed by atoms with van der Waals surface area (Å²) in [7, 11) is 1.80. The number of benzene rings is 1. The molecular weight excluding hydrogens is 485 g/mol. The number of nitrogens with one attached hydrogen (secondary N) is 2. The van der Waals surface area contributed by atoms with Crippen LogP contribution in [0.15, 0.2) is 40.7 Å². The van der Waals surface area contributed by atoms with E-state index in [1.165, 1.54) is 10.4 Å². The summed E-state index contributed by atoms with van der Waals surface area (Å²) in [6.45, 7) is 6.00. The Morgan fingerprint density at radius 2 is 2.21 bits per heavy atom. The molecule has 1 atom stereocenters. The van der Waals surface area contributed by atoms with Crippen molar-refractivity contribution in [3.8, 4) is 5.75 Å². The van der Waals surface area contributed by atoms with Crippen LogP contribution in [0.4, 0.5) is 0 Å². The Morgan fingerprint density at radius 3 is 2.93 bits per heavy atom. The maximum Gasteiger partial charge on any atom is 0.191 e. The van der Waals surface area contributed by atoms with Crippen molar-refractivity contribution < 1.29 is 9.47 Å². The number of hydrogen-bond acceptors (Lipinski definition) is 4. The molecule has 1 aromatic heterocycles.